The lowest BCUT2D eigenvalue weighted by Crippen LogP contribution is -2.20. The standard InChI is InChI=1S/C18H19BrN2O3S/c1-11(2)12-3-6-14(7-4-12)21-25(23,24)17-9-13-5-8-18(22)20-16(13)10-15(17)19/h3-4,6-7,9-11,21H,5,8H2,1-2H3,(H,20,22). The average molecular weight is 423 g/mol. The van der Waals surface area contributed by atoms with E-state index in [0.29, 0.717) is 34.6 Å². The van der Waals surface area contributed by atoms with E-state index in [1.165, 1.54) is 0 Å². The van der Waals surface area contributed by atoms with Gasteiger partial charge in [0.2, 0.25) is 5.91 Å². The van der Waals surface area contributed by atoms with Crippen molar-refractivity contribution in [1.29, 1.82) is 0 Å². The van der Waals surface area contributed by atoms with Crippen LogP contribution in [-0.4, -0.2) is 14.3 Å². The van der Waals surface area contributed by atoms with Crippen LogP contribution in [0.15, 0.2) is 45.8 Å². The van der Waals surface area contributed by atoms with E-state index >= 15 is 0 Å². The predicted molar refractivity (Wildman–Crippen MR) is 102 cm³/mol. The molecule has 0 atom stereocenters. The summed E-state index contributed by atoms with van der Waals surface area (Å²) in [5, 5.41) is 2.76. The monoisotopic (exact) mass is 422 g/mol. The van der Waals surface area contributed by atoms with Crippen molar-refractivity contribution in [2.75, 3.05) is 10.0 Å². The molecule has 0 fully saturated rings. The van der Waals surface area contributed by atoms with Gasteiger partial charge in [-0.3, -0.25) is 9.52 Å². The van der Waals surface area contributed by atoms with Gasteiger partial charge in [0.25, 0.3) is 10.0 Å². The number of hydrogen-bond acceptors (Lipinski definition) is 3. The first-order valence-corrected chi connectivity index (χ1v) is 10.3. The Bertz CT molecular complexity index is 922. The van der Waals surface area contributed by atoms with Crippen LogP contribution in [0.25, 0.3) is 0 Å². The fourth-order valence-electron chi connectivity index (χ4n) is 2.73. The van der Waals surface area contributed by atoms with E-state index in [9.17, 15) is 13.2 Å². The Morgan fingerprint density at radius 3 is 2.44 bits per heavy atom. The number of hydrogen-bond donors (Lipinski definition) is 2. The van der Waals surface area contributed by atoms with Gasteiger partial charge < -0.3 is 5.32 Å². The zero-order chi connectivity index (χ0) is 18.2. The van der Waals surface area contributed by atoms with E-state index in [4.69, 9.17) is 0 Å². The molecule has 0 aliphatic carbocycles. The minimum atomic E-state index is -3.73. The third-order valence-electron chi connectivity index (χ3n) is 4.17. The number of carbonyl (C=O) groups is 1. The lowest BCUT2D eigenvalue weighted by Gasteiger charge is -2.19. The molecule has 2 aromatic carbocycles. The second kappa shape index (κ2) is 6.80. The molecule has 5 nitrogen and oxygen atoms in total. The minimum Gasteiger partial charge on any atom is -0.326 e. The first-order valence-electron chi connectivity index (χ1n) is 8.01. The van der Waals surface area contributed by atoms with Crippen molar-refractivity contribution < 1.29 is 13.2 Å². The highest BCUT2D eigenvalue weighted by molar-refractivity contribution is 9.10. The molecule has 2 aromatic rings. The van der Waals surface area contributed by atoms with Crippen LogP contribution in [0.2, 0.25) is 0 Å². The summed E-state index contributed by atoms with van der Waals surface area (Å²) in [4.78, 5) is 11.6. The summed E-state index contributed by atoms with van der Waals surface area (Å²) in [7, 11) is -3.73. The molecule has 132 valence electrons. The zero-order valence-electron chi connectivity index (χ0n) is 14.0. The van der Waals surface area contributed by atoms with Gasteiger partial charge in [-0.1, -0.05) is 26.0 Å². The molecule has 1 heterocycles. The van der Waals surface area contributed by atoms with E-state index in [-0.39, 0.29) is 10.8 Å². The SMILES string of the molecule is CC(C)c1ccc(NS(=O)(=O)c2cc3c(cc2Br)NC(=O)CC3)cc1. The number of carbonyl (C=O) groups excluding carboxylic acids is 1. The van der Waals surface area contributed by atoms with Crippen LogP contribution in [0.1, 0.15) is 37.3 Å². The average Bonchev–Trinajstić information content (AvgIpc) is 2.54. The first-order chi connectivity index (χ1) is 11.8. The number of aryl methyl sites for hydroxylation is 1. The van der Waals surface area contributed by atoms with Gasteiger partial charge >= 0.3 is 0 Å². The van der Waals surface area contributed by atoms with Gasteiger partial charge in [0.15, 0.2) is 0 Å². The van der Waals surface area contributed by atoms with Gasteiger partial charge in [-0.25, -0.2) is 8.42 Å². The Balaban J connectivity index is 1.91. The molecule has 2 N–H and O–H groups in total. The Kier molecular flexibility index (Phi) is 4.88. The normalized spacial score (nSPS) is 14.2. The number of nitrogens with one attached hydrogen (secondary N) is 2. The van der Waals surface area contributed by atoms with Crippen LogP contribution in [-0.2, 0) is 21.2 Å². The van der Waals surface area contributed by atoms with Crippen LogP contribution >= 0.6 is 15.9 Å². The minimum absolute atomic E-state index is 0.0571. The van der Waals surface area contributed by atoms with Crippen molar-refractivity contribution in [2.24, 2.45) is 0 Å². The van der Waals surface area contributed by atoms with E-state index in [0.717, 1.165) is 11.1 Å². The van der Waals surface area contributed by atoms with Gasteiger partial charge in [-0.15, -0.1) is 0 Å². The molecule has 3 rings (SSSR count). The number of amides is 1. The molecule has 0 unspecified atom stereocenters. The Hall–Kier alpha value is -1.86. The molecule has 0 spiro atoms. The third kappa shape index (κ3) is 3.88. The molecule has 1 amide bonds. The lowest BCUT2D eigenvalue weighted by atomic mass is 10.0. The number of halogens is 1. The van der Waals surface area contributed by atoms with Crippen LogP contribution in [0.3, 0.4) is 0 Å². The number of benzene rings is 2. The van der Waals surface area contributed by atoms with Crippen molar-refractivity contribution in [1.82, 2.24) is 0 Å². The fraction of sp³-hybridized carbons (Fsp3) is 0.278. The van der Waals surface area contributed by atoms with Crippen LogP contribution in [0.5, 0.6) is 0 Å². The Morgan fingerprint density at radius 1 is 1.12 bits per heavy atom. The molecule has 0 aromatic heterocycles. The van der Waals surface area contributed by atoms with E-state index in [1.807, 2.05) is 12.1 Å². The molecule has 0 saturated heterocycles. The van der Waals surface area contributed by atoms with E-state index < -0.39 is 10.0 Å². The Morgan fingerprint density at radius 2 is 1.80 bits per heavy atom. The van der Waals surface area contributed by atoms with Crippen molar-refractivity contribution in [2.45, 2.75) is 37.5 Å². The van der Waals surface area contributed by atoms with E-state index in [1.54, 1.807) is 24.3 Å². The molecular formula is C18H19BrN2O3S. The van der Waals surface area contributed by atoms with Crippen LogP contribution < -0.4 is 10.0 Å². The predicted octanol–water partition coefficient (Wildman–Crippen LogP) is 4.26. The van der Waals surface area contributed by atoms with Gasteiger partial charge in [0.1, 0.15) is 4.90 Å². The first kappa shape index (κ1) is 17.9. The highest BCUT2D eigenvalue weighted by Crippen LogP contribution is 2.33. The summed E-state index contributed by atoms with van der Waals surface area (Å²) in [5.41, 5.74) is 3.14. The van der Waals surface area contributed by atoms with Gasteiger partial charge in [0.05, 0.1) is 0 Å². The molecule has 25 heavy (non-hydrogen) atoms. The third-order valence-corrected chi connectivity index (χ3v) is 6.51. The highest BCUT2D eigenvalue weighted by atomic mass is 79.9. The lowest BCUT2D eigenvalue weighted by molar-refractivity contribution is -0.116. The largest absolute Gasteiger partial charge is 0.326 e. The van der Waals surface area contributed by atoms with Gasteiger partial charge in [-0.05, 0) is 63.7 Å². The molecular weight excluding hydrogens is 404 g/mol. The fourth-order valence-corrected chi connectivity index (χ4v) is 4.88. The summed E-state index contributed by atoms with van der Waals surface area (Å²) in [6.45, 7) is 4.17. The van der Waals surface area contributed by atoms with E-state index in [2.05, 4.69) is 39.8 Å². The molecule has 0 bridgehead atoms. The summed E-state index contributed by atoms with van der Waals surface area (Å²) in [5.74, 6) is 0.328. The Labute approximate surface area is 156 Å². The summed E-state index contributed by atoms with van der Waals surface area (Å²) in [6, 6.07) is 10.6. The second-order valence-electron chi connectivity index (χ2n) is 6.37. The maximum absolute atomic E-state index is 12.8. The van der Waals surface area contributed by atoms with Gasteiger partial charge in [-0.2, -0.15) is 0 Å². The highest BCUT2D eigenvalue weighted by Gasteiger charge is 2.23. The van der Waals surface area contributed by atoms with Crippen LogP contribution in [0, 0.1) is 0 Å². The maximum Gasteiger partial charge on any atom is 0.263 e. The van der Waals surface area contributed by atoms with Crippen molar-refractivity contribution in [3.05, 3.63) is 52.0 Å². The number of anilines is 2. The van der Waals surface area contributed by atoms with Crippen molar-refractivity contribution in [3.8, 4) is 0 Å². The van der Waals surface area contributed by atoms with Crippen LogP contribution in [0.4, 0.5) is 11.4 Å². The zero-order valence-corrected chi connectivity index (χ0v) is 16.4. The quantitative estimate of drug-likeness (QED) is 0.772. The molecule has 0 saturated carbocycles. The number of sulfonamides is 1. The number of fused-ring (bicyclic) bond motifs is 1. The maximum atomic E-state index is 12.8. The molecule has 1 aliphatic heterocycles. The smallest absolute Gasteiger partial charge is 0.263 e. The topological polar surface area (TPSA) is 75.3 Å². The van der Waals surface area contributed by atoms with Gasteiger partial charge in [0, 0.05) is 22.3 Å². The summed E-state index contributed by atoms with van der Waals surface area (Å²) >= 11 is 3.30. The van der Waals surface area contributed by atoms with Crippen molar-refractivity contribution in [3.63, 3.8) is 0 Å². The number of rotatable bonds is 4. The summed E-state index contributed by atoms with van der Waals surface area (Å²) in [6.07, 6.45) is 0.887. The van der Waals surface area contributed by atoms with Crippen molar-refractivity contribution >= 4 is 43.2 Å². The molecule has 7 heteroatoms. The summed E-state index contributed by atoms with van der Waals surface area (Å²) < 4.78 is 28.6. The second-order valence-corrected chi connectivity index (χ2v) is 8.88. The molecule has 1 aliphatic rings. The molecule has 0 radical (unpaired) electrons.